The first kappa shape index (κ1) is 32.6. The maximum absolute atomic E-state index is 14.0. The van der Waals surface area contributed by atoms with Crippen LogP contribution in [-0.4, -0.2) is 81.9 Å². The minimum Gasteiger partial charge on any atom is -0.493 e. The number of carbonyl (C=O) groups excluding carboxylic acids is 1. The van der Waals surface area contributed by atoms with Crippen LogP contribution in [0.25, 0.3) is 0 Å². The second-order valence-electron chi connectivity index (χ2n) is 10.2. The van der Waals surface area contributed by atoms with E-state index in [1.807, 2.05) is 36.6 Å². The number of hydrogen-bond acceptors (Lipinski definition) is 7. The lowest BCUT2D eigenvalue weighted by atomic mass is 10.1. The van der Waals surface area contributed by atoms with Gasteiger partial charge in [0.2, 0.25) is 15.9 Å². The highest BCUT2D eigenvalue weighted by Crippen LogP contribution is 2.30. The number of hydrogen-bond donors (Lipinski definition) is 0. The Morgan fingerprint density at radius 3 is 2.40 bits per heavy atom. The van der Waals surface area contributed by atoms with E-state index in [9.17, 15) is 13.2 Å². The molecule has 1 aliphatic heterocycles. The summed E-state index contributed by atoms with van der Waals surface area (Å²) in [6.07, 6.45) is 2.71. The van der Waals surface area contributed by atoms with Gasteiger partial charge in [0.25, 0.3) is 0 Å². The molecule has 1 aliphatic rings. The standard InChI is InChI=1S/C30H37Cl2N3O5S2/c1-22-11-17-41-28(22)20-34(14-10-23-6-9-26(39-2)27(18-23)40-3)30(36)21-35(16-15-33-12-4-5-13-33)42(37,38)29-19-24(31)7-8-25(29)32/h6-9,11,17-19H,4-5,10,12-16,20-21H2,1-3H3. The lowest BCUT2D eigenvalue weighted by Gasteiger charge is -2.29. The van der Waals surface area contributed by atoms with Crippen molar-refractivity contribution in [3.8, 4) is 11.5 Å². The van der Waals surface area contributed by atoms with Crippen LogP contribution < -0.4 is 9.47 Å². The van der Waals surface area contributed by atoms with Gasteiger partial charge in [0.15, 0.2) is 11.5 Å². The molecular formula is C30H37Cl2N3O5S2. The van der Waals surface area contributed by atoms with Crippen molar-refractivity contribution in [3.63, 3.8) is 0 Å². The van der Waals surface area contributed by atoms with Gasteiger partial charge in [-0.25, -0.2) is 8.42 Å². The average Bonchev–Trinajstić information content (AvgIpc) is 3.65. The summed E-state index contributed by atoms with van der Waals surface area (Å²) < 4.78 is 39.9. The summed E-state index contributed by atoms with van der Waals surface area (Å²) in [4.78, 5) is 18.9. The van der Waals surface area contributed by atoms with E-state index in [0.29, 0.717) is 37.6 Å². The molecule has 0 bridgehead atoms. The lowest BCUT2D eigenvalue weighted by molar-refractivity contribution is -0.132. The Labute approximate surface area is 262 Å². The summed E-state index contributed by atoms with van der Waals surface area (Å²) in [7, 11) is -0.945. The smallest absolute Gasteiger partial charge is 0.245 e. The minimum absolute atomic E-state index is 0.0672. The van der Waals surface area contributed by atoms with Crippen molar-refractivity contribution >= 4 is 50.5 Å². The molecule has 2 aromatic carbocycles. The molecule has 0 spiro atoms. The molecule has 1 aromatic heterocycles. The first-order valence-electron chi connectivity index (χ1n) is 13.8. The molecular weight excluding hydrogens is 617 g/mol. The fourth-order valence-electron chi connectivity index (χ4n) is 4.94. The fraction of sp³-hybridized carbons (Fsp3) is 0.433. The minimum atomic E-state index is -4.11. The van der Waals surface area contributed by atoms with Crippen molar-refractivity contribution in [3.05, 3.63) is 73.9 Å². The molecule has 1 fully saturated rings. The van der Waals surface area contributed by atoms with Crippen molar-refractivity contribution in [2.24, 2.45) is 0 Å². The second-order valence-corrected chi connectivity index (χ2v) is 14.0. The molecule has 228 valence electrons. The third-order valence-corrected chi connectivity index (χ3v) is 11.0. The third kappa shape index (κ3) is 8.18. The van der Waals surface area contributed by atoms with Gasteiger partial charge < -0.3 is 19.3 Å². The zero-order valence-electron chi connectivity index (χ0n) is 24.1. The number of amides is 1. The fourth-order valence-corrected chi connectivity index (χ4v) is 7.98. The van der Waals surface area contributed by atoms with E-state index < -0.39 is 10.0 Å². The molecule has 0 radical (unpaired) electrons. The number of methoxy groups -OCH3 is 2. The normalized spacial score (nSPS) is 14.0. The molecule has 8 nitrogen and oxygen atoms in total. The molecule has 42 heavy (non-hydrogen) atoms. The predicted octanol–water partition coefficient (Wildman–Crippen LogP) is 5.74. The number of likely N-dealkylation sites (tertiary alicyclic amines) is 1. The van der Waals surface area contributed by atoms with Gasteiger partial charge in [-0.15, -0.1) is 11.3 Å². The van der Waals surface area contributed by atoms with Gasteiger partial charge >= 0.3 is 0 Å². The molecule has 0 N–H and O–H groups in total. The van der Waals surface area contributed by atoms with Crippen LogP contribution in [-0.2, 0) is 27.8 Å². The average molecular weight is 655 g/mol. The van der Waals surface area contributed by atoms with Gasteiger partial charge in [0.05, 0.1) is 32.3 Å². The van der Waals surface area contributed by atoms with E-state index in [2.05, 4.69) is 4.90 Å². The molecule has 0 aliphatic carbocycles. The Morgan fingerprint density at radius 1 is 1.00 bits per heavy atom. The third-order valence-electron chi connectivity index (χ3n) is 7.46. The number of sulfonamides is 1. The van der Waals surface area contributed by atoms with Crippen molar-refractivity contribution in [1.29, 1.82) is 0 Å². The first-order valence-corrected chi connectivity index (χ1v) is 16.9. The van der Waals surface area contributed by atoms with Crippen LogP contribution in [0.2, 0.25) is 10.0 Å². The van der Waals surface area contributed by atoms with Crippen LogP contribution in [0.4, 0.5) is 0 Å². The maximum atomic E-state index is 14.0. The van der Waals surface area contributed by atoms with E-state index in [1.165, 1.54) is 16.4 Å². The molecule has 12 heteroatoms. The molecule has 0 saturated carbocycles. The largest absolute Gasteiger partial charge is 0.493 e. The number of thiophene rings is 1. The Hall–Kier alpha value is -2.34. The summed E-state index contributed by atoms with van der Waals surface area (Å²) in [6, 6.07) is 12.0. The van der Waals surface area contributed by atoms with Crippen molar-refractivity contribution < 1.29 is 22.7 Å². The summed E-state index contributed by atoms with van der Waals surface area (Å²) in [5.74, 6) is 0.952. The SMILES string of the molecule is COc1ccc(CCN(Cc2sccc2C)C(=O)CN(CCN2CCCC2)S(=O)(=O)c2cc(Cl)ccc2Cl)cc1OC. The highest BCUT2D eigenvalue weighted by Gasteiger charge is 2.31. The van der Waals surface area contributed by atoms with Crippen molar-refractivity contribution in [2.75, 3.05) is 53.5 Å². The quantitative estimate of drug-likeness (QED) is 0.221. The molecule has 1 saturated heterocycles. The van der Waals surface area contributed by atoms with E-state index in [1.54, 1.807) is 36.5 Å². The van der Waals surface area contributed by atoms with E-state index in [4.69, 9.17) is 32.7 Å². The van der Waals surface area contributed by atoms with E-state index in [-0.39, 0.29) is 33.9 Å². The number of halogens is 2. The Balaban J connectivity index is 1.59. The summed E-state index contributed by atoms with van der Waals surface area (Å²) in [5.41, 5.74) is 2.06. The van der Waals surface area contributed by atoms with Gasteiger partial charge in [-0.3, -0.25) is 4.79 Å². The Kier molecular flexibility index (Phi) is 11.6. The van der Waals surface area contributed by atoms with Gasteiger partial charge in [-0.1, -0.05) is 29.3 Å². The molecule has 0 unspecified atom stereocenters. The number of carbonyl (C=O) groups is 1. The van der Waals surface area contributed by atoms with Crippen LogP contribution in [0.5, 0.6) is 11.5 Å². The van der Waals surface area contributed by atoms with Gasteiger partial charge in [-0.05, 0) is 92.2 Å². The zero-order valence-corrected chi connectivity index (χ0v) is 27.3. The number of ether oxygens (including phenoxy) is 2. The lowest BCUT2D eigenvalue weighted by Crippen LogP contribution is -2.45. The number of benzene rings is 2. The van der Waals surface area contributed by atoms with Crippen LogP contribution in [0.1, 0.15) is 28.8 Å². The zero-order chi connectivity index (χ0) is 30.3. The summed E-state index contributed by atoms with van der Waals surface area (Å²) in [5, 5.41) is 2.32. The number of rotatable bonds is 14. The number of aryl methyl sites for hydroxylation is 1. The summed E-state index contributed by atoms with van der Waals surface area (Å²) in [6.45, 7) is 4.99. The molecule has 3 aromatic rings. The highest BCUT2D eigenvalue weighted by molar-refractivity contribution is 7.89. The Bertz CT molecular complexity index is 1480. The summed E-state index contributed by atoms with van der Waals surface area (Å²) >= 11 is 14.1. The molecule has 4 rings (SSSR count). The maximum Gasteiger partial charge on any atom is 0.245 e. The van der Waals surface area contributed by atoms with Gasteiger partial charge in [0, 0.05) is 29.5 Å². The first-order chi connectivity index (χ1) is 20.1. The van der Waals surface area contributed by atoms with Crippen LogP contribution in [0.3, 0.4) is 0 Å². The predicted molar refractivity (Wildman–Crippen MR) is 169 cm³/mol. The second kappa shape index (κ2) is 14.9. The van der Waals surface area contributed by atoms with Crippen LogP contribution >= 0.6 is 34.5 Å². The van der Waals surface area contributed by atoms with E-state index in [0.717, 1.165) is 41.9 Å². The number of nitrogens with zero attached hydrogens (tertiary/aromatic N) is 3. The molecule has 1 amide bonds. The highest BCUT2D eigenvalue weighted by atomic mass is 35.5. The van der Waals surface area contributed by atoms with Gasteiger partial charge in [0.1, 0.15) is 4.90 Å². The van der Waals surface area contributed by atoms with Crippen LogP contribution in [0.15, 0.2) is 52.7 Å². The topological polar surface area (TPSA) is 79.4 Å². The monoisotopic (exact) mass is 653 g/mol. The van der Waals surface area contributed by atoms with Crippen molar-refractivity contribution in [2.45, 2.75) is 37.6 Å². The molecule has 0 atom stereocenters. The molecule has 2 heterocycles. The Morgan fingerprint density at radius 2 is 1.74 bits per heavy atom. The van der Waals surface area contributed by atoms with Crippen LogP contribution in [0, 0.1) is 6.92 Å². The van der Waals surface area contributed by atoms with Crippen molar-refractivity contribution in [1.82, 2.24) is 14.1 Å². The van der Waals surface area contributed by atoms with E-state index >= 15 is 0 Å². The van der Waals surface area contributed by atoms with Gasteiger partial charge in [-0.2, -0.15) is 4.31 Å².